The fourth-order valence-electron chi connectivity index (χ4n) is 2.14. The Bertz CT molecular complexity index is 665. The van der Waals surface area contributed by atoms with E-state index in [9.17, 15) is 4.79 Å². The molecule has 0 spiro atoms. The van der Waals surface area contributed by atoms with Crippen LogP contribution in [0.3, 0.4) is 0 Å². The monoisotopic (exact) mass is 291 g/mol. The highest BCUT2D eigenvalue weighted by molar-refractivity contribution is 7.71. The number of aromatic amines is 1. The van der Waals surface area contributed by atoms with Gasteiger partial charge in [0.2, 0.25) is 0 Å². The number of carbonyl (C=O) groups excluding carboxylic acids is 1. The summed E-state index contributed by atoms with van der Waals surface area (Å²) < 4.78 is 12.7. The number of nitrogens with one attached hydrogen (secondary N) is 1. The fourth-order valence-corrected chi connectivity index (χ4v) is 2.42. The molecular formula is C13H13N3O3S. The van der Waals surface area contributed by atoms with Gasteiger partial charge in [0, 0.05) is 6.42 Å². The Hall–Kier alpha value is -2.15. The standard InChI is InChI=1S/C13H13N3O3S/c17-12-10(6-7-18-12)16-11(14-15-13(16)20)8-19-9-4-2-1-3-5-9/h1-5,10H,6-8H2,(H,15,20). The molecule has 0 saturated carbocycles. The molecule has 20 heavy (non-hydrogen) atoms. The van der Waals surface area contributed by atoms with Gasteiger partial charge in [0.15, 0.2) is 10.6 Å². The zero-order valence-electron chi connectivity index (χ0n) is 10.6. The lowest BCUT2D eigenvalue weighted by Crippen LogP contribution is -2.18. The largest absolute Gasteiger partial charge is 0.486 e. The maximum Gasteiger partial charge on any atom is 0.329 e. The van der Waals surface area contributed by atoms with Crippen molar-refractivity contribution < 1.29 is 14.3 Å². The van der Waals surface area contributed by atoms with Crippen LogP contribution >= 0.6 is 12.2 Å². The van der Waals surface area contributed by atoms with E-state index in [1.54, 1.807) is 4.57 Å². The van der Waals surface area contributed by atoms with E-state index < -0.39 is 6.04 Å². The van der Waals surface area contributed by atoms with Crippen molar-refractivity contribution >= 4 is 18.2 Å². The van der Waals surface area contributed by atoms with Crippen molar-refractivity contribution in [1.29, 1.82) is 0 Å². The first-order valence-corrected chi connectivity index (χ1v) is 6.67. The first-order valence-electron chi connectivity index (χ1n) is 6.26. The van der Waals surface area contributed by atoms with Crippen molar-refractivity contribution in [2.45, 2.75) is 19.1 Å². The zero-order chi connectivity index (χ0) is 13.9. The van der Waals surface area contributed by atoms with E-state index in [4.69, 9.17) is 21.7 Å². The fraction of sp³-hybridized carbons (Fsp3) is 0.308. The highest BCUT2D eigenvalue weighted by Gasteiger charge is 2.31. The van der Waals surface area contributed by atoms with Crippen molar-refractivity contribution in [2.75, 3.05) is 6.61 Å². The van der Waals surface area contributed by atoms with Crippen LogP contribution in [0.5, 0.6) is 5.75 Å². The minimum Gasteiger partial charge on any atom is -0.486 e. The molecule has 7 heteroatoms. The molecule has 1 atom stereocenters. The first kappa shape index (κ1) is 12.9. The van der Waals surface area contributed by atoms with Crippen LogP contribution in [0, 0.1) is 4.77 Å². The van der Waals surface area contributed by atoms with Gasteiger partial charge in [-0.05, 0) is 24.4 Å². The highest BCUT2D eigenvalue weighted by Crippen LogP contribution is 2.22. The molecule has 2 heterocycles. The van der Waals surface area contributed by atoms with Gasteiger partial charge in [-0.3, -0.25) is 9.67 Å². The van der Waals surface area contributed by atoms with Crippen molar-refractivity contribution in [3.05, 3.63) is 40.9 Å². The van der Waals surface area contributed by atoms with E-state index >= 15 is 0 Å². The summed E-state index contributed by atoms with van der Waals surface area (Å²) in [4.78, 5) is 11.7. The lowest BCUT2D eigenvalue weighted by molar-refractivity contribution is -0.140. The highest BCUT2D eigenvalue weighted by atomic mass is 32.1. The van der Waals surface area contributed by atoms with Crippen LogP contribution in [0.25, 0.3) is 0 Å². The number of H-pyrrole nitrogens is 1. The van der Waals surface area contributed by atoms with Gasteiger partial charge in [-0.25, -0.2) is 4.79 Å². The summed E-state index contributed by atoms with van der Waals surface area (Å²) in [5.74, 6) is 1.05. The van der Waals surface area contributed by atoms with E-state index in [2.05, 4.69) is 10.2 Å². The Morgan fingerprint density at radius 2 is 2.25 bits per heavy atom. The van der Waals surface area contributed by atoms with E-state index in [0.717, 1.165) is 5.75 Å². The Balaban J connectivity index is 1.80. The van der Waals surface area contributed by atoms with Gasteiger partial charge < -0.3 is 9.47 Å². The SMILES string of the molecule is O=C1OCCC1n1c(COc2ccccc2)n[nH]c1=S. The minimum atomic E-state index is -0.407. The normalized spacial score (nSPS) is 18.0. The van der Waals surface area contributed by atoms with Crippen molar-refractivity contribution in [3.8, 4) is 5.75 Å². The summed E-state index contributed by atoms with van der Waals surface area (Å²) in [6, 6.07) is 9.00. The molecule has 0 amide bonds. The summed E-state index contributed by atoms with van der Waals surface area (Å²) in [6.45, 7) is 0.649. The van der Waals surface area contributed by atoms with E-state index in [-0.39, 0.29) is 12.6 Å². The second-order valence-electron chi connectivity index (χ2n) is 4.39. The van der Waals surface area contributed by atoms with Crippen molar-refractivity contribution in [3.63, 3.8) is 0 Å². The van der Waals surface area contributed by atoms with Crippen molar-refractivity contribution in [2.24, 2.45) is 0 Å². The number of para-hydroxylation sites is 1. The topological polar surface area (TPSA) is 69.1 Å². The number of hydrogen-bond donors (Lipinski definition) is 1. The van der Waals surface area contributed by atoms with Crippen LogP contribution in [0.1, 0.15) is 18.3 Å². The minimum absolute atomic E-state index is 0.237. The summed E-state index contributed by atoms with van der Waals surface area (Å²) in [7, 11) is 0. The Kier molecular flexibility index (Phi) is 3.51. The van der Waals surface area contributed by atoms with Crippen molar-refractivity contribution in [1.82, 2.24) is 14.8 Å². The molecule has 1 aliphatic rings. The molecule has 1 saturated heterocycles. The Labute approximate surface area is 120 Å². The molecule has 2 aromatic rings. The second-order valence-corrected chi connectivity index (χ2v) is 4.78. The number of nitrogens with zero attached hydrogens (tertiary/aromatic N) is 2. The van der Waals surface area contributed by atoms with Crippen LogP contribution in [-0.4, -0.2) is 27.3 Å². The van der Waals surface area contributed by atoms with Gasteiger partial charge >= 0.3 is 5.97 Å². The quantitative estimate of drug-likeness (QED) is 0.689. The predicted octanol–water partition coefficient (Wildman–Crippen LogP) is 2.01. The van der Waals surface area contributed by atoms with Gasteiger partial charge in [-0.1, -0.05) is 18.2 Å². The van der Waals surface area contributed by atoms with Gasteiger partial charge in [0.1, 0.15) is 18.4 Å². The van der Waals surface area contributed by atoms with Crippen LogP contribution in [-0.2, 0) is 16.1 Å². The number of cyclic esters (lactones) is 1. The molecule has 1 N–H and O–H groups in total. The third-order valence-corrected chi connectivity index (χ3v) is 3.40. The zero-order valence-corrected chi connectivity index (χ0v) is 11.4. The number of rotatable bonds is 4. The average molecular weight is 291 g/mol. The van der Waals surface area contributed by atoms with E-state index in [1.807, 2.05) is 30.3 Å². The second kappa shape index (κ2) is 5.46. The number of ether oxygens (including phenoxy) is 2. The molecule has 1 aliphatic heterocycles. The number of carbonyl (C=O) groups is 1. The maximum atomic E-state index is 11.7. The lowest BCUT2D eigenvalue weighted by Gasteiger charge is -2.11. The molecule has 1 aromatic heterocycles. The molecule has 0 bridgehead atoms. The van der Waals surface area contributed by atoms with Crippen LogP contribution in [0.15, 0.2) is 30.3 Å². The van der Waals surface area contributed by atoms with Gasteiger partial charge in [0.05, 0.1) is 6.61 Å². The molecule has 1 aromatic carbocycles. The molecule has 6 nitrogen and oxygen atoms in total. The van der Waals surface area contributed by atoms with E-state index in [1.165, 1.54) is 0 Å². The maximum absolute atomic E-state index is 11.7. The molecule has 0 radical (unpaired) electrons. The predicted molar refractivity (Wildman–Crippen MR) is 72.8 cm³/mol. The molecule has 1 fully saturated rings. The summed E-state index contributed by atoms with van der Waals surface area (Å²) >= 11 is 5.17. The first-order chi connectivity index (χ1) is 9.75. The molecule has 104 valence electrons. The van der Waals surface area contributed by atoms with E-state index in [0.29, 0.717) is 23.6 Å². The van der Waals surface area contributed by atoms with Crippen LogP contribution in [0.4, 0.5) is 0 Å². The van der Waals surface area contributed by atoms with Crippen LogP contribution < -0.4 is 4.74 Å². The molecule has 0 aliphatic carbocycles. The number of benzene rings is 1. The van der Waals surface area contributed by atoms with Crippen LogP contribution in [0.2, 0.25) is 0 Å². The molecule has 3 rings (SSSR count). The number of esters is 1. The van der Waals surface area contributed by atoms with Gasteiger partial charge in [0.25, 0.3) is 0 Å². The van der Waals surface area contributed by atoms with Gasteiger partial charge in [-0.15, -0.1) is 0 Å². The molecule has 1 unspecified atom stereocenters. The van der Waals surface area contributed by atoms with Gasteiger partial charge in [-0.2, -0.15) is 5.10 Å². The average Bonchev–Trinajstić information content (AvgIpc) is 3.03. The number of aromatic nitrogens is 3. The summed E-state index contributed by atoms with van der Waals surface area (Å²) in [6.07, 6.45) is 0.602. The third kappa shape index (κ3) is 2.44. The summed E-state index contributed by atoms with van der Waals surface area (Å²) in [5, 5.41) is 6.82. The third-order valence-electron chi connectivity index (χ3n) is 3.11. The smallest absolute Gasteiger partial charge is 0.329 e. The summed E-state index contributed by atoms with van der Waals surface area (Å²) in [5.41, 5.74) is 0. The molecular weight excluding hydrogens is 278 g/mol. The Morgan fingerprint density at radius 1 is 1.45 bits per heavy atom. The lowest BCUT2D eigenvalue weighted by atomic mass is 10.2. The number of hydrogen-bond acceptors (Lipinski definition) is 5. The Morgan fingerprint density at radius 3 is 2.95 bits per heavy atom.